The quantitative estimate of drug-likeness (QED) is 0.176. The van der Waals surface area contributed by atoms with Crippen molar-refractivity contribution >= 4 is 60.5 Å². The van der Waals surface area contributed by atoms with Crippen LogP contribution in [-0.2, 0) is 0 Å². The molecule has 10 rings (SSSR count). The van der Waals surface area contributed by atoms with Crippen LogP contribution in [0.25, 0.3) is 76.9 Å². The standard InChI is InChI=1S/C50H33NO/c1-3-14-34(15-4-1)35-28-30-36(31-29-35)38-18-11-21-40(32-38)51(39-19-5-2-6-20-39)47-33-46-49-44(42-25-12-17-37-16-7-8-22-41(37)42)26-13-27-48(49)52-50(46)45-24-10-9-23-43(45)47/h1-33H. The predicted octanol–water partition coefficient (Wildman–Crippen LogP) is 14.4. The van der Waals surface area contributed by atoms with Gasteiger partial charge in [-0.3, -0.25) is 0 Å². The van der Waals surface area contributed by atoms with E-state index in [1.807, 2.05) is 0 Å². The van der Waals surface area contributed by atoms with Gasteiger partial charge in [-0.15, -0.1) is 0 Å². The molecular formula is C50H33NO. The second-order valence-corrected chi connectivity index (χ2v) is 13.3. The van der Waals surface area contributed by atoms with Crippen LogP contribution in [0.15, 0.2) is 205 Å². The third kappa shape index (κ3) is 5.04. The van der Waals surface area contributed by atoms with Crippen LogP contribution in [-0.4, -0.2) is 0 Å². The number of rotatable bonds is 6. The molecule has 0 radical (unpaired) electrons. The smallest absolute Gasteiger partial charge is 0.143 e. The first kappa shape index (κ1) is 30.0. The summed E-state index contributed by atoms with van der Waals surface area (Å²) in [6.07, 6.45) is 0. The molecule has 0 aliphatic rings. The second kappa shape index (κ2) is 12.5. The maximum absolute atomic E-state index is 6.79. The summed E-state index contributed by atoms with van der Waals surface area (Å²) in [6.45, 7) is 0. The lowest BCUT2D eigenvalue weighted by molar-refractivity contribution is 0.673. The Morgan fingerprint density at radius 3 is 1.71 bits per heavy atom. The van der Waals surface area contributed by atoms with Crippen molar-refractivity contribution < 1.29 is 4.42 Å². The zero-order valence-electron chi connectivity index (χ0n) is 28.4. The topological polar surface area (TPSA) is 16.4 Å². The van der Waals surface area contributed by atoms with Crippen molar-refractivity contribution in [2.24, 2.45) is 0 Å². The monoisotopic (exact) mass is 663 g/mol. The molecule has 0 aliphatic carbocycles. The Morgan fingerprint density at radius 2 is 0.904 bits per heavy atom. The van der Waals surface area contributed by atoms with E-state index in [2.05, 4.69) is 205 Å². The van der Waals surface area contributed by atoms with Crippen LogP contribution >= 0.6 is 0 Å². The lowest BCUT2D eigenvalue weighted by atomic mass is 9.93. The van der Waals surface area contributed by atoms with Crippen molar-refractivity contribution in [1.82, 2.24) is 0 Å². The molecule has 0 fully saturated rings. The van der Waals surface area contributed by atoms with Gasteiger partial charge in [0.05, 0.1) is 5.69 Å². The molecule has 0 N–H and O–H groups in total. The van der Waals surface area contributed by atoms with Crippen LogP contribution in [0.3, 0.4) is 0 Å². The van der Waals surface area contributed by atoms with Crippen molar-refractivity contribution in [2.45, 2.75) is 0 Å². The minimum atomic E-state index is 0.884. The summed E-state index contributed by atoms with van der Waals surface area (Å²) in [7, 11) is 0. The molecule has 2 nitrogen and oxygen atoms in total. The number of nitrogens with zero attached hydrogens (tertiary/aromatic N) is 1. The van der Waals surface area contributed by atoms with Crippen LogP contribution in [0, 0.1) is 0 Å². The molecule has 10 aromatic rings. The highest BCUT2D eigenvalue weighted by molar-refractivity contribution is 6.23. The summed E-state index contributed by atoms with van der Waals surface area (Å²) >= 11 is 0. The molecule has 244 valence electrons. The van der Waals surface area contributed by atoms with Crippen LogP contribution in [0.2, 0.25) is 0 Å². The summed E-state index contributed by atoms with van der Waals surface area (Å²) in [6, 6.07) is 71.6. The third-order valence-electron chi connectivity index (χ3n) is 10.2. The highest BCUT2D eigenvalue weighted by Crippen LogP contribution is 2.47. The molecule has 9 aromatic carbocycles. The van der Waals surface area contributed by atoms with Crippen molar-refractivity contribution in [3.63, 3.8) is 0 Å². The molecule has 0 aliphatic heterocycles. The van der Waals surface area contributed by atoms with Gasteiger partial charge in [0, 0.05) is 32.9 Å². The number of fused-ring (bicyclic) bond motifs is 6. The van der Waals surface area contributed by atoms with E-state index < -0.39 is 0 Å². The van der Waals surface area contributed by atoms with E-state index in [1.165, 1.54) is 38.6 Å². The van der Waals surface area contributed by atoms with Gasteiger partial charge in [-0.1, -0.05) is 164 Å². The highest BCUT2D eigenvalue weighted by atomic mass is 16.3. The first-order valence-electron chi connectivity index (χ1n) is 17.8. The molecule has 0 atom stereocenters. The zero-order chi connectivity index (χ0) is 34.4. The number of benzene rings is 9. The Bertz CT molecular complexity index is 2880. The van der Waals surface area contributed by atoms with Crippen molar-refractivity contribution in [3.8, 4) is 33.4 Å². The van der Waals surface area contributed by atoms with Gasteiger partial charge in [0.15, 0.2) is 0 Å². The fourth-order valence-corrected chi connectivity index (χ4v) is 7.81. The molecule has 1 aromatic heterocycles. The average molecular weight is 664 g/mol. The van der Waals surface area contributed by atoms with Crippen LogP contribution in [0.4, 0.5) is 17.1 Å². The summed E-state index contributed by atoms with van der Waals surface area (Å²) in [5.74, 6) is 0. The zero-order valence-corrected chi connectivity index (χ0v) is 28.4. The largest absolute Gasteiger partial charge is 0.455 e. The Balaban J connectivity index is 1.20. The first-order valence-corrected chi connectivity index (χ1v) is 17.8. The molecule has 0 amide bonds. The van der Waals surface area contributed by atoms with E-state index in [-0.39, 0.29) is 0 Å². The lowest BCUT2D eigenvalue weighted by Crippen LogP contribution is -2.10. The van der Waals surface area contributed by atoms with Gasteiger partial charge in [0.1, 0.15) is 11.2 Å². The van der Waals surface area contributed by atoms with Gasteiger partial charge in [-0.2, -0.15) is 0 Å². The van der Waals surface area contributed by atoms with E-state index in [0.29, 0.717) is 0 Å². The van der Waals surface area contributed by atoms with Gasteiger partial charge in [-0.25, -0.2) is 0 Å². The van der Waals surface area contributed by atoms with Crippen molar-refractivity contribution in [2.75, 3.05) is 4.90 Å². The number of anilines is 3. The fourth-order valence-electron chi connectivity index (χ4n) is 7.81. The van der Waals surface area contributed by atoms with E-state index in [4.69, 9.17) is 4.42 Å². The minimum Gasteiger partial charge on any atom is -0.455 e. The van der Waals surface area contributed by atoms with E-state index >= 15 is 0 Å². The average Bonchev–Trinajstić information content (AvgIpc) is 3.61. The molecule has 0 saturated heterocycles. The molecule has 0 spiro atoms. The number of furan rings is 1. The molecule has 0 bridgehead atoms. The molecule has 2 heteroatoms. The van der Waals surface area contributed by atoms with Gasteiger partial charge in [-0.05, 0) is 80.6 Å². The van der Waals surface area contributed by atoms with Crippen LogP contribution < -0.4 is 4.90 Å². The van der Waals surface area contributed by atoms with Crippen LogP contribution in [0.5, 0.6) is 0 Å². The first-order chi connectivity index (χ1) is 25.8. The van der Waals surface area contributed by atoms with E-state index in [0.717, 1.165) is 55.3 Å². The molecule has 0 unspecified atom stereocenters. The Morgan fingerprint density at radius 1 is 0.346 bits per heavy atom. The fraction of sp³-hybridized carbons (Fsp3) is 0. The van der Waals surface area contributed by atoms with Gasteiger partial charge in [0.2, 0.25) is 0 Å². The van der Waals surface area contributed by atoms with Gasteiger partial charge in [0.25, 0.3) is 0 Å². The SMILES string of the molecule is c1ccc(-c2ccc(-c3cccc(N(c4ccccc4)c4cc5c(oc6cccc(-c7cccc8ccccc78)c65)c5ccccc45)c3)cc2)cc1. The summed E-state index contributed by atoms with van der Waals surface area (Å²) < 4.78 is 6.79. The maximum atomic E-state index is 6.79. The number of para-hydroxylation sites is 1. The third-order valence-corrected chi connectivity index (χ3v) is 10.2. The maximum Gasteiger partial charge on any atom is 0.143 e. The van der Waals surface area contributed by atoms with Gasteiger partial charge < -0.3 is 9.32 Å². The number of hydrogen-bond donors (Lipinski definition) is 0. The summed E-state index contributed by atoms with van der Waals surface area (Å²) in [5.41, 5.74) is 12.2. The number of hydrogen-bond acceptors (Lipinski definition) is 2. The molecule has 52 heavy (non-hydrogen) atoms. The van der Waals surface area contributed by atoms with Crippen LogP contribution in [0.1, 0.15) is 0 Å². The predicted molar refractivity (Wildman–Crippen MR) is 220 cm³/mol. The molecule has 1 heterocycles. The Hall–Kier alpha value is -6.90. The lowest BCUT2D eigenvalue weighted by Gasteiger charge is -2.27. The summed E-state index contributed by atoms with van der Waals surface area (Å²) in [4.78, 5) is 2.39. The highest BCUT2D eigenvalue weighted by Gasteiger charge is 2.22. The molecule has 0 saturated carbocycles. The minimum absolute atomic E-state index is 0.884. The van der Waals surface area contributed by atoms with E-state index in [9.17, 15) is 0 Å². The van der Waals surface area contributed by atoms with Crippen molar-refractivity contribution in [1.29, 1.82) is 0 Å². The Kier molecular flexibility index (Phi) is 7.18. The van der Waals surface area contributed by atoms with E-state index in [1.54, 1.807) is 0 Å². The normalized spacial score (nSPS) is 11.5. The molecular weight excluding hydrogens is 631 g/mol. The second-order valence-electron chi connectivity index (χ2n) is 13.3. The van der Waals surface area contributed by atoms with Gasteiger partial charge >= 0.3 is 0 Å². The van der Waals surface area contributed by atoms with Crippen molar-refractivity contribution in [3.05, 3.63) is 200 Å². The summed E-state index contributed by atoms with van der Waals surface area (Å²) in [5, 5.41) is 6.89. The Labute approximate surface area is 302 Å².